The molecule has 0 radical (unpaired) electrons. The molecule has 6 heteroatoms. The van der Waals surface area contributed by atoms with Crippen LogP contribution in [0.5, 0.6) is 0 Å². The maximum absolute atomic E-state index is 11.5. The molecule has 4 nitrogen and oxygen atoms in total. The van der Waals surface area contributed by atoms with Crippen molar-refractivity contribution in [2.45, 2.75) is 13.3 Å². The van der Waals surface area contributed by atoms with Crippen molar-refractivity contribution in [1.82, 2.24) is 5.32 Å². The van der Waals surface area contributed by atoms with E-state index in [1.807, 2.05) is 12.1 Å². The molecule has 98 valence electrons. The van der Waals surface area contributed by atoms with E-state index >= 15 is 0 Å². The van der Waals surface area contributed by atoms with Crippen molar-refractivity contribution in [2.24, 2.45) is 5.92 Å². The Bertz CT molecular complexity index is 456. The molecule has 1 aromatic heterocycles. The zero-order chi connectivity index (χ0) is 13.5. The first-order valence-electron chi connectivity index (χ1n) is 5.40. The van der Waals surface area contributed by atoms with Crippen LogP contribution in [0.15, 0.2) is 22.0 Å². The van der Waals surface area contributed by atoms with Crippen LogP contribution in [0.1, 0.15) is 18.2 Å². The van der Waals surface area contributed by atoms with E-state index in [0.717, 1.165) is 8.66 Å². The molecule has 0 saturated carbocycles. The molecule has 0 aliphatic carbocycles. The highest BCUT2D eigenvalue weighted by Gasteiger charge is 2.07. The van der Waals surface area contributed by atoms with Crippen molar-refractivity contribution in [2.75, 3.05) is 6.54 Å². The van der Waals surface area contributed by atoms with Crippen LogP contribution in [0.25, 0.3) is 6.08 Å². The van der Waals surface area contributed by atoms with Crippen molar-refractivity contribution in [3.8, 4) is 0 Å². The largest absolute Gasteiger partial charge is 0.481 e. The minimum absolute atomic E-state index is 0.0574. The van der Waals surface area contributed by atoms with Gasteiger partial charge in [0.1, 0.15) is 0 Å². The van der Waals surface area contributed by atoms with Gasteiger partial charge in [0, 0.05) is 23.9 Å². The molecule has 0 fully saturated rings. The highest BCUT2D eigenvalue weighted by molar-refractivity contribution is 9.11. The van der Waals surface area contributed by atoms with Gasteiger partial charge in [-0.05, 0) is 40.1 Å². The Morgan fingerprint density at radius 2 is 2.28 bits per heavy atom. The molecular formula is C12H14BrNO3S. The lowest BCUT2D eigenvalue weighted by Crippen LogP contribution is -2.27. The predicted octanol–water partition coefficient (Wildman–Crippen LogP) is 2.75. The van der Waals surface area contributed by atoms with Gasteiger partial charge in [0.15, 0.2) is 0 Å². The quantitative estimate of drug-likeness (QED) is 0.787. The SMILES string of the molecule is CC(CNC(=O)/C=C/c1ccc(Br)s1)CC(=O)O. The molecule has 0 saturated heterocycles. The predicted molar refractivity (Wildman–Crippen MR) is 75.5 cm³/mol. The summed E-state index contributed by atoms with van der Waals surface area (Å²) >= 11 is 4.87. The first kappa shape index (κ1) is 14.9. The molecule has 1 amide bonds. The van der Waals surface area contributed by atoms with Gasteiger partial charge < -0.3 is 10.4 Å². The Kier molecular flexibility index (Phi) is 6.07. The number of carbonyl (C=O) groups is 2. The second-order valence-corrected chi connectivity index (χ2v) is 6.42. The van der Waals surface area contributed by atoms with Crippen LogP contribution in [-0.4, -0.2) is 23.5 Å². The highest BCUT2D eigenvalue weighted by atomic mass is 79.9. The molecule has 1 heterocycles. The number of hydrogen-bond donors (Lipinski definition) is 2. The number of hydrogen-bond acceptors (Lipinski definition) is 3. The fourth-order valence-electron chi connectivity index (χ4n) is 1.28. The van der Waals surface area contributed by atoms with Gasteiger partial charge in [-0.25, -0.2) is 0 Å². The Hall–Kier alpha value is -1.14. The second kappa shape index (κ2) is 7.33. The molecule has 1 atom stereocenters. The summed E-state index contributed by atoms with van der Waals surface area (Å²) in [5, 5.41) is 11.2. The fourth-order valence-corrected chi connectivity index (χ4v) is 2.61. The van der Waals surface area contributed by atoms with Gasteiger partial charge in [-0.3, -0.25) is 9.59 Å². The zero-order valence-electron chi connectivity index (χ0n) is 9.85. The van der Waals surface area contributed by atoms with E-state index in [-0.39, 0.29) is 18.2 Å². The van der Waals surface area contributed by atoms with Crippen LogP contribution in [0.3, 0.4) is 0 Å². The minimum atomic E-state index is -0.851. The van der Waals surface area contributed by atoms with Crippen molar-refractivity contribution in [3.63, 3.8) is 0 Å². The van der Waals surface area contributed by atoms with E-state index < -0.39 is 5.97 Å². The number of nitrogens with one attached hydrogen (secondary N) is 1. The number of carbonyl (C=O) groups excluding carboxylic acids is 1. The molecule has 2 N–H and O–H groups in total. The third kappa shape index (κ3) is 5.97. The summed E-state index contributed by atoms with van der Waals surface area (Å²) in [7, 11) is 0. The topological polar surface area (TPSA) is 66.4 Å². The summed E-state index contributed by atoms with van der Waals surface area (Å²) in [6.45, 7) is 2.15. The molecule has 0 aromatic carbocycles. The first-order chi connectivity index (χ1) is 8.47. The van der Waals surface area contributed by atoms with E-state index in [2.05, 4.69) is 21.2 Å². The minimum Gasteiger partial charge on any atom is -0.481 e. The van der Waals surface area contributed by atoms with Crippen molar-refractivity contribution < 1.29 is 14.7 Å². The lowest BCUT2D eigenvalue weighted by atomic mass is 10.1. The van der Waals surface area contributed by atoms with Crippen molar-refractivity contribution >= 4 is 45.2 Å². The number of carboxylic acid groups (broad SMARTS) is 1. The average Bonchev–Trinajstić information content (AvgIpc) is 2.69. The van der Waals surface area contributed by atoms with E-state index in [1.165, 1.54) is 17.4 Å². The van der Waals surface area contributed by atoms with Crippen molar-refractivity contribution in [1.29, 1.82) is 0 Å². The molecule has 0 spiro atoms. The summed E-state index contributed by atoms with van der Waals surface area (Å²) in [4.78, 5) is 22.9. The Balaban J connectivity index is 2.33. The van der Waals surface area contributed by atoms with Crippen LogP contribution in [0.4, 0.5) is 0 Å². The van der Waals surface area contributed by atoms with E-state index in [1.54, 1.807) is 13.0 Å². The van der Waals surface area contributed by atoms with Gasteiger partial charge in [-0.15, -0.1) is 11.3 Å². The number of halogens is 1. The summed E-state index contributed by atoms with van der Waals surface area (Å²) in [6, 6.07) is 3.82. The number of carboxylic acids is 1. The van der Waals surface area contributed by atoms with Crippen LogP contribution in [0.2, 0.25) is 0 Å². The zero-order valence-corrected chi connectivity index (χ0v) is 12.3. The lowest BCUT2D eigenvalue weighted by molar-refractivity contribution is -0.138. The maximum atomic E-state index is 11.5. The third-order valence-electron chi connectivity index (χ3n) is 2.14. The third-order valence-corrected chi connectivity index (χ3v) is 3.73. The molecule has 1 rings (SSSR count). The van der Waals surface area contributed by atoms with Gasteiger partial charge in [0.25, 0.3) is 0 Å². The summed E-state index contributed by atoms with van der Waals surface area (Å²) in [6.07, 6.45) is 3.24. The van der Waals surface area contributed by atoms with Gasteiger partial charge in [-0.2, -0.15) is 0 Å². The van der Waals surface area contributed by atoms with E-state index in [0.29, 0.717) is 6.54 Å². The Labute approximate surface area is 118 Å². The molecule has 0 aliphatic rings. The van der Waals surface area contributed by atoms with Gasteiger partial charge >= 0.3 is 5.97 Å². The van der Waals surface area contributed by atoms with Gasteiger partial charge in [-0.1, -0.05) is 6.92 Å². The molecule has 18 heavy (non-hydrogen) atoms. The standard InChI is InChI=1S/C12H14BrNO3S/c1-8(6-12(16)17)7-14-11(15)5-3-9-2-4-10(13)18-9/h2-5,8H,6-7H2,1H3,(H,14,15)(H,16,17)/b5-3+. The Morgan fingerprint density at radius 3 is 2.83 bits per heavy atom. The summed E-state index contributed by atoms with van der Waals surface area (Å²) in [5.41, 5.74) is 0. The lowest BCUT2D eigenvalue weighted by Gasteiger charge is -2.08. The Morgan fingerprint density at radius 1 is 1.56 bits per heavy atom. The summed E-state index contributed by atoms with van der Waals surface area (Å²) < 4.78 is 1.01. The van der Waals surface area contributed by atoms with Crippen LogP contribution < -0.4 is 5.32 Å². The fraction of sp³-hybridized carbons (Fsp3) is 0.333. The van der Waals surface area contributed by atoms with Crippen LogP contribution >= 0.6 is 27.3 Å². The number of aliphatic carboxylic acids is 1. The normalized spacial score (nSPS) is 12.6. The first-order valence-corrected chi connectivity index (χ1v) is 7.01. The number of amides is 1. The van der Waals surface area contributed by atoms with Crippen molar-refractivity contribution in [3.05, 3.63) is 26.9 Å². The monoisotopic (exact) mass is 331 g/mol. The van der Waals surface area contributed by atoms with E-state index in [9.17, 15) is 9.59 Å². The van der Waals surface area contributed by atoms with Crippen LogP contribution in [-0.2, 0) is 9.59 Å². The van der Waals surface area contributed by atoms with Crippen LogP contribution in [0, 0.1) is 5.92 Å². The van der Waals surface area contributed by atoms with E-state index in [4.69, 9.17) is 5.11 Å². The highest BCUT2D eigenvalue weighted by Crippen LogP contribution is 2.22. The number of rotatable bonds is 6. The molecule has 0 bridgehead atoms. The smallest absolute Gasteiger partial charge is 0.303 e. The molecular weight excluding hydrogens is 318 g/mol. The average molecular weight is 332 g/mol. The maximum Gasteiger partial charge on any atom is 0.303 e. The van der Waals surface area contributed by atoms with Gasteiger partial charge in [0.2, 0.25) is 5.91 Å². The van der Waals surface area contributed by atoms with Gasteiger partial charge in [0.05, 0.1) is 3.79 Å². The molecule has 1 aromatic rings. The second-order valence-electron chi connectivity index (χ2n) is 3.92. The molecule has 1 unspecified atom stereocenters. The molecule has 0 aliphatic heterocycles. The summed E-state index contributed by atoms with van der Waals surface area (Å²) in [5.74, 6) is -1.14. The number of thiophene rings is 1.